The summed E-state index contributed by atoms with van der Waals surface area (Å²) in [6.07, 6.45) is -3.12. The molecule has 7 rings (SSSR count). The first-order valence-electron chi connectivity index (χ1n) is 12.8. The van der Waals surface area contributed by atoms with E-state index in [-0.39, 0.29) is 34.1 Å². The minimum atomic E-state index is -4.46. The molecule has 25 heteroatoms. The fourth-order valence-corrected chi connectivity index (χ4v) is 9.84. The van der Waals surface area contributed by atoms with Crippen LogP contribution in [0.5, 0.6) is 0 Å². The summed E-state index contributed by atoms with van der Waals surface area (Å²) >= 11 is 10.2. The second-order valence-electron chi connectivity index (χ2n) is 10.1. The number of ether oxygens (including phenoxy) is 1. The average Bonchev–Trinajstić information content (AvgIpc) is 3.73. The molecular weight excluding hydrogens is 704 g/mol. The van der Waals surface area contributed by atoms with Crippen molar-refractivity contribution in [3.05, 3.63) is 29.3 Å². The van der Waals surface area contributed by atoms with Gasteiger partial charge >= 0.3 is 13.5 Å². The first kappa shape index (κ1) is 31.3. The minimum Gasteiger partial charge on any atom is -0.382 e. The Morgan fingerprint density at radius 1 is 1.16 bits per heavy atom. The van der Waals surface area contributed by atoms with Crippen LogP contribution in [0.25, 0.3) is 22.3 Å². The zero-order valence-corrected chi connectivity index (χ0v) is 26.6. The monoisotopic (exact) mass is 726 g/mol. The number of alkyl halides is 2. The first-order chi connectivity index (χ1) is 21.3. The van der Waals surface area contributed by atoms with Gasteiger partial charge in [-0.05, 0) is 11.8 Å². The van der Waals surface area contributed by atoms with E-state index in [1.165, 1.54) is 10.9 Å². The Morgan fingerprint density at radius 2 is 1.93 bits per heavy atom. The maximum Gasteiger partial charge on any atom is 0.386 e. The van der Waals surface area contributed by atoms with Gasteiger partial charge in [0.15, 0.2) is 28.7 Å². The fraction of sp³-hybridized carbons (Fsp3) is 0.500. The number of nitrogens with one attached hydrogen (secondary N) is 1. The molecule has 2 bridgehead atoms. The van der Waals surface area contributed by atoms with E-state index in [9.17, 15) is 14.3 Å². The summed E-state index contributed by atoms with van der Waals surface area (Å²) in [6, 6.07) is 0. The highest BCUT2D eigenvalue weighted by molar-refractivity contribution is 8.44. The third-order valence-electron chi connectivity index (χ3n) is 7.33. The van der Waals surface area contributed by atoms with E-state index in [2.05, 4.69) is 42.2 Å². The molecule has 0 aliphatic carbocycles. The van der Waals surface area contributed by atoms with Crippen LogP contribution in [0.3, 0.4) is 0 Å². The molecule has 3 saturated heterocycles. The van der Waals surface area contributed by atoms with Crippen molar-refractivity contribution in [1.82, 2.24) is 39.0 Å². The molecule has 2 unspecified atom stereocenters. The number of imidazole rings is 2. The number of nitrogens with two attached hydrogens (primary N) is 2. The number of anilines is 2. The molecule has 0 aromatic carbocycles. The number of aromatic nitrogens is 8. The highest BCUT2D eigenvalue weighted by Gasteiger charge is 2.58. The number of thioether (sulfide) groups is 1. The molecule has 9 atom stereocenters. The summed E-state index contributed by atoms with van der Waals surface area (Å²) in [5.41, 5.74) is 10.9. The Hall–Kier alpha value is -2.30. The van der Waals surface area contributed by atoms with Crippen molar-refractivity contribution in [2.24, 2.45) is 0 Å². The van der Waals surface area contributed by atoms with Gasteiger partial charge in [-0.3, -0.25) is 32.5 Å². The van der Waals surface area contributed by atoms with Gasteiger partial charge in [-0.1, -0.05) is 12.2 Å². The Bertz CT molecular complexity index is 1970. The summed E-state index contributed by atoms with van der Waals surface area (Å²) < 4.78 is 76.7. The molecule has 0 amide bonds. The van der Waals surface area contributed by atoms with Crippen LogP contribution in [0.4, 0.5) is 20.5 Å². The largest absolute Gasteiger partial charge is 0.386 e. The number of hydrogen-bond donors (Lipinski definition) is 5. The van der Waals surface area contributed by atoms with E-state index < -0.39 is 79.8 Å². The maximum absolute atomic E-state index is 16.9. The van der Waals surface area contributed by atoms with Crippen LogP contribution in [0.15, 0.2) is 23.8 Å². The molecule has 4 aromatic heterocycles. The average molecular weight is 727 g/mol. The number of aromatic amines is 1. The van der Waals surface area contributed by atoms with Gasteiger partial charge in [0.1, 0.15) is 42.2 Å². The minimum absolute atomic E-state index is 0.00753. The molecular formula is C20H22F2N10O8P2S3. The van der Waals surface area contributed by atoms with Gasteiger partial charge in [-0.25, -0.2) is 33.3 Å². The molecule has 0 spiro atoms. The number of rotatable bonds is 2. The third-order valence-corrected chi connectivity index (χ3v) is 12.0. The quantitative estimate of drug-likeness (QED) is 0.144. The summed E-state index contributed by atoms with van der Waals surface area (Å²) in [5.74, 6) is -2.85. The van der Waals surface area contributed by atoms with Crippen LogP contribution in [-0.2, 0) is 45.0 Å². The summed E-state index contributed by atoms with van der Waals surface area (Å²) in [5, 5.41) is -2.16. The molecule has 45 heavy (non-hydrogen) atoms. The van der Waals surface area contributed by atoms with Crippen molar-refractivity contribution < 1.29 is 41.1 Å². The fourth-order valence-electron chi connectivity index (χ4n) is 5.28. The first-order valence-corrected chi connectivity index (χ1v) is 19.1. The predicted molar refractivity (Wildman–Crippen MR) is 161 cm³/mol. The van der Waals surface area contributed by atoms with Crippen molar-refractivity contribution in [2.75, 3.05) is 31.3 Å². The molecule has 3 aliphatic rings. The van der Waals surface area contributed by atoms with Gasteiger partial charge in [0.05, 0.1) is 31.1 Å². The van der Waals surface area contributed by atoms with E-state index in [0.29, 0.717) is 0 Å². The van der Waals surface area contributed by atoms with E-state index in [1.54, 1.807) is 0 Å². The van der Waals surface area contributed by atoms with E-state index >= 15 is 8.78 Å². The molecule has 18 nitrogen and oxygen atoms in total. The molecule has 3 fully saturated rings. The molecule has 7 heterocycles. The van der Waals surface area contributed by atoms with Crippen LogP contribution in [0, 0.1) is 0 Å². The second-order valence-corrected chi connectivity index (χ2v) is 17.2. The second kappa shape index (κ2) is 11.2. The van der Waals surface area contributed by atoms with Gasteiger partial charge in [0, 0.05) is 0 Å². The number of hydrogen-bond acceptors (Lipinski definition) is 16. The highest BCUT2D eigenvalue weighted by atomic mass is 32.7. The Labute approximate surface area is 264 Å². The van der Waals surface area contributed by atoms with Gasteiger partial charge in [-0.2, -0.15) is 4.98 Å². The van der Waals surface area contributed by atoms with Crippen LogP contribution in [0.1, 0.15) is 5.37 Å². The molecule has 242 valence electrons. The van der Waals surface area contributed by atoms with E-state index in [4.69, 9.17) is 46.1 Å². The number of H-pyrrole nitrogens is 1. The lowest BCUT2D eigenvalue weighted by Gasteiger charge is -2.31. The van der Waals surface area contributed by atoms with E-state index in [0.717, 1.165) is 29.0 Å². The molecule has 0 radical (unpaired) electrons. The van der Waals surface area contributed by atoms with Crippen LogP contribution < -0.4 is 17.0 Å². The molecule has 0 saturated carbocycles. The van der Waals surface area contributed by atoms with Crippen LogP contribution >= 0.6 is 37.5 Å². The molecule has 4 aromatic rings. The summed E-state index contributed by atoms with van der Waals surface area (Å²) in [6.45, 7) is -10.7. The van der Waals surface area contributed by atoms with Crippen molar-refractivity contribution in [1.29, 1.82) is 0 Å². The highest BCUT2D eigenvalue weighted by Crippen LogP contribution is 2.60. The van der Waals surface area contributed by atoms with Gasteiger partial charge in [0.2, 0.25) is 11.7 Å². The predicted octanol–water partition coefficient (Wildman–Crippen LogP) is 1.17. The lowest BCUT2D eigenvalue weighted by atomic mass is 10.1. The normalized spacial score (nSPS) is 37.7. The maximum atomic E-state index is 16.9. The lowest BCUT2D eigenvalue weighted by molar-refractivity contribution is -0.0339. The van der Waals surface area contributed by atoms with Crippen molar-refractivity contribution in [3.63, 3.8) is 0 Å². The molecule has 6 N–H and O–H groups in total. The lowest BCUT2D eigenvalue weighted by Crippen LogP contribution is -2.45. The van der Waals surface area contributed by atoms with Crippen molar-refractivity contribution >= 4 is 83.4 Å². The Balaban J connectivity index is 1.23. The SMILES string of the molecule is Nc1nc2c(ncn2[C@@H]2S[C@@H]3COP(=O)(S)O[C@@H]4[C@@H](COP(O)(=S)O[C@@H]2[C@@H]3F)OC[C@]4(F)n2cnc3c(N)ncnc32)c(=O)[nH]1. The number of nitrogen functional groups attached to an aromatic ring is 2. The third kappa shape index (κ3) is 5.46. The van der Waals surface area contributed by atoms with E-state index in [1.807, 2.05) is 0 Å². The zero-order valence-electron chi connectivity index (χ0n) is 22.3. The topological polar surface area (TPSA) is 243 Å². The number of nitrogens with zero attached hydrogens (tertiary/aromatic N) is 7. The number of thiol groups is 1. The Morgan fingerprint density at radius 3 is 2.73 bits per heavy atom. The van der Waals surface area contributed by atoms with Crippen LogP contribution in [0.2, 0.25) is 0 Å². The summed E-state index contributed by atoms with van der Waals surface area (Å²) in [4.78, 5) is 45.8. The Kier molecular flexibility index (Phi) is 7.76. The van der Waals surface area contributed by atoms with Gasteiger partial charge < -0.3 is 25.6 Å². The van der Waals surface area contributed by atoms with Gasteiger partial charge in [-0.15, -0.1) is 11.8 Å². The number of fused-ring (bicyclic) bond motifs is 5. The van der Waals surface area contributed by atoms with Crippen molar-refractivity contribution in [3.8, 4) is 0 Å². The van der Waals surface area contributed by atoms with Gasteiger partial charge in [0.25, 0.3) is 5.56 Å². The summed E-state index contributed by atoms with van der Waals surface area (Å²) in [7, 11) is 0. The number of halogens is 2. The zero-order chi connectivity index (χ0) is 31.9. The standard InChI is InChI=1S/C20H22F2N10O8P2S3/c21-9-8-2-38-42(35,44)40-13-7(36-3-20(13,22)32-6-28-10-14(23)25-4-26-15(10)32)1-37-41(34,43)39-12(9)18(45-8)31-5-27-11-16(31)29-19(24)30-17(11)33/h4-9,12-13,18H,1-3H2,(H,34,43)(H,35,44)(H2,23,25,26)(H3,24,29,30,33)/t7-,8-,9-,12-,13-,18-,20+,41?,42?/m1/s1. The van der Waals surface area contributed by atoms with Crippen molar-refractivity contribution in [2.45, 2.75) is 40.9 Å². The van der Waals surface area contributed by atoms with Crippen LogP contribution in [-0.4, -0.2) is 93.5 Å². The smallest absolute Gasteiger partial charge is 0.382 e. The molecule has 3 aliphatic heterocycles.